The van der Waals surface area contributed by atoms with Gasteiger partial charge in [-0.3, -0.25) is 4.31 Å². The molecule has 4 aromatic rings. The van der Waals surface area contributed by atoms with E-state index < -0.39 is 17.8 Å². The number of H-pyrrole nitrogens is 1. The zero-order valence-electron chi connectivity index (χ0n) is 18.0. The summed E-state index contributed by atoms with van der Waals surface area (Å²) in [6.07, 6.45) is -2.81. The molecule has 2 aromatic carbocycles. The van der Waals surface area contributed by atoms with Crippen LogP contribution in [0.1, 0.15) is 11.4 Å². The number of alkyl halides is 3. The smallest absolute Gasteiger partial charge is 0.338 e. The number of aromatic amines is 1. The normalized spacial score (nSPS) is 13.3. The van der Waals surface area contributed by atoms with E-state index in [1.54, 1.807) is 6.07 Å². The lowest BCUT2D eigenvalue weighted by Crippen LogP contribution is -2.10. The highest BCUT2D eigenvalue weighted by atomic mass is 32.2. The molecule has 0 aliphatic carbocycles. The maximum atomic E-state index is 14.4. The van der Waals surface area contributed by atoms with Gasteiger partial charge < -0.3 is 15.6 Å². The topological polar surface area (TPSA) is 100 Å². The van der Waals surface area contributed by atoms with Crippen molar-refractivity contribution in [3.8, 4) is 0 Å². The fourth-order valence-corrected chi connectivity index (χ4v) is 4.15. The predicted octanol–water partition coefficient (Wildman–Crippen LogP) is 5.50. The van der Waals surface area contributed by atoms with Crippen LogP contribution in [0.3, 0.4) is 0 Å². The third kappa shape index (κ3) is 4.94. The van der Waals surface area contributed by atoms with Gasteiger partial charge in [0, 0.05) is 17.9 Å². The number of aromatic nitrogens is 4. The Labute approximate surface area is 200 Å². The molecule has 35 heavy (non-hydrogen) atoms. The van der Waals surface area contributed by atoms with Gasteiger partial charge >= 0.3 is 6.18 Å². The third-order valence-electron chi connectivity index (χ3n) is 5.13. The molecular formula is C21H17F4N7O2S. The number of halogens is 4. The van der Waals surface area contributed by atoms with Gasteiger partial charge in [0.1, 0.15) is 0 Å². The van der Waals surface area contributed by atoms with Gasteiger partial charge in [-0.05, 0) is 48.4 Å². The van der Waals surface area contributed by atoms with E-state index in [9.17, 15) is 17.6 Å². The van der Waals surface area contributed by atoms with E-state index in [0.717, 1.165) is 42.6 Å². The summed E-state index contributed by atoms with van der Waals surface area (Å²) in [5, 5.41) is 5.82. The zero-order chi connectivity index (χ0) is 24.6. The average Bonchev–Trinajstić information content (AvgIpc) is 3.43. The molecule has 0 spiro atoms. The van der Waals surface area contributed by atoms with E-state index in [1.807, 2.05) is 16.4 Å². The van der Waals surface area contributed by atoms with Crippen molar-refractivity contribution in [2.45, 2.75) is 12.6 Å². The zero-order valence-corrected chi connectivity index (χ0v) is 18.8. The summed E-state index contributed by atoms with van der Waals surface area (Å²) in [5.74, 6) is -1.75. The number of hydrogen-bond donors (Lipinski definition) is 3. The minimum Gasteiger partial charge on any atom is -0.338 e. The number of imidazole rings is 1. The first-order chi connectivity index (χ1) is 16.8. The Morgan fingerprint density at radius 1 is 1.09 bits per heavy atom. The Morgan fingerprint density at radius 2 is 1.89 bits per heavy atom. The van der Waals surface area contributed by atoms with Crippen LogP contribution in [-0.4, -0.2) is 33.6 Å². The highest BCUT2D eigenvalue weighted by Gasteiger charge is 2.34. The van der Waals surface area contributed by atoms with Crippen molar-refractivity contribution < 1.29 is 26.8 Å². The minimum atomic E-state index is -4.58. The largest absolute Gasteiger partial charge is 0.449 e. The first kappa shape index (κ1) is 23.1. The van der Waals surface area contributed by atoms with Crippen molar-refractivity contribution in [3.05, 3.63) is 59.8 Å². The van der Waals surface area contributed by atoms with Crippen LogP contribution in [0.2, 0.25) is 0 Å². The van der Waals surface area contributed by atoms with Crippen LogP contribution in [0.5, 0.6) is 0 Å². The van der Waals surface area contributed by atoms with Crippen LogP contribution in [0.15, 0.2) is 42.6 Å². The van der Waals surface area contributed by atoms with E-state index in [0.29, 0.717) is 11.4 Å². The molecule has 9 nitrogen and oxygen atoms in total. The maximum absolute atomic E-state index is 14.4. The van der Waals surface area contributed by atoms with Crippen molar-refractivity contribution >= 4 is 52.1 Å². The summed E-state index contributed by atoms with van der Waals surface area (Å²) in [7, 11) is 1.43. The molecule has 0 fully saturated rings. The molecule has 14 heteroatoms. The van der Waals surface area contributed by atoms with Crippen molar-refractivity contribution in [3.63, 3.8) is 0 Å². The second-order valence-electron chi connectivity index (χ2n) is 7.46. The summed E-state index contributed by atoms with van der Waals surface area (Å²) in [4.78, 5) is 18.5. The fourth-order valence-electron chi connectivity index (χ4n) is 3.60. The molecule has 0 amide bonds. The molecule has 0 radical (unpaired) electrons. The Balaban J connectivity index is 1.33. The minimum absolute atomic E-state index is 0.0589. The van der Waals surface area contributed by atoms with E-state index in [1.165, 1.54) is 25.3 Å². The van der Waals surface area contributed by atoms with Gasteiger partial charge in [0.25, 0.3) is 0 Å². The van der Waals surface area contributed by atoms with Gasteiger partial charge in [0.15, 0.2) is 23.9 Å². The molecule has 0 saturated carbocycles. The number of rotatable bonds is 7. The van der Waals surface area contributed by atoms with Gasteiger partial charge in [0.05, 0.1) is 30.0 Å². The molecule has 0 atom stereocenters. The average molecular weight is 507 g/mol. The van der Waals surface area contributed by atoms with E-state index in [4.69, 9.17) is 4.33 Å². The molecule has 1 aliphatic rings. The second-order valence-corrected chi connectivity index (χ2v) is 8.19. The van der Waals surface area contributed by atoms with Crippen LogP contribution in [0.4, 0.5) is 46.4 Å². The van der Waals surface area contributed by atoms with Crippen LogP contribution < -0.4 is 14.9 Å². The summed E-state index contributed by atoms with van der Waals surface area (Å²) >= 11 is 1.08. The highest BCUT2D eigenvalue weighted by Crippen LogP contribution is 2.36. The monoisotopic (exact) mass is 507 g/mol. The van der Waals surface area contributed by atoms with Crippen molar-refractivity contribution in [1.29, 1.82) is 0 Å². The second kappa shape index (κ2) is 9.20. The van der Waals surface area contributed by atoms with Gasteiger partial charge in [-0.2, -0.15) is 18.2 Å². The Bertz CT molecular complexity index is 1380. The number of nitrogens with one attached hydrogen (secondary N) is 3. The molecular weight excluding hydrogens is 490 g/mol. The Morgan fingerprint density at radius 3 is 2.69 bits per heavy atom. The third-order valence-corrected chi connectivity index (χ3v) is 5.89. The molecule has 5 rings (SSSR count). The Hall–Kier alpha value is -3.62. The summed E-state index contributed by atoms with van der Waals surface area (Å²) < 4.78 is 59.9. The van der Waals surface area contributed by atoms with Gasteiger partial charge in [-0.25, -0.2) is 19.2 Å². The lowest BCUT2D eigenvalue weighted by Gasteiger charge is -2.15. The lowest BCUT2D eigenvalue weighted by molar-refractivity contribution is -0.160. The SMILES string of the molecule is COOSN1CCc2cc(Nc3nc(Nc4ccc5nc(C(F)(F)F)[nH]c5c4)ncc3F)ccc21. The van der Waals surface area contributed by atoms with E-state index in [2.05, 4.69) is 35.5 Å². The summed E-state index contributed by atoms with van der Waals surface area (Å²) in [6, 6.07) is 9.95. The van der Waals surface area contributed by atoms with Gasteiger partial charge in [-0.1, -0.05) is 0 Å². The first-order valence-corrected chi connectivity index (χ1v) is 10.9. The molecule has 182 valence electrons. The summed E-state index contributed by atoms with van der Waals surface area (Å²) in [6.45, 7) is 0.730. The molecule has 0 saturated heterocycles. The number of anilines is 5. The standard InChI is InChI=1S/C21H17F4N7O2S/c1-33-34-35-32-7-6-11-8-12(3-5-17(11)32)27-18-14(22)10-26-20(31-18)28-13-2-4-15-16(9-13)30-19(29-15)21(23,24)25/h2-5,8-10H,6-7H2,1H3,(H,29,30)(H2,26,27,28,31). The quantitative estimate of drug-likeness (QED) is 0.0984. The Kier molecular flexibility index (Phi) is 6.08. The lowest BCUT2D eigenvalue weighted by atomic mass is 10.1. The first-order valence-electron chi connectivity index (χ1n) is 10.2. The number of benzene rings is 2. The number of fused-ring (bicyclic) bond motifs is 2. The van der Waals surface area contributed by atoms with Crippen molar-refractivity contribution in [2.24, 2.45) is 0 Å². The molecule has 1 aliphatic heterocycles. The van der Waals surface area contributed by atoms with Crippen molar-refractivity contribution in [2.75, 3.05) is 28.6 Å². The summed E-state index contributed by atoms with van der Waals surface area (Å²) in [5.41, 5.74) is 3.38. The predicted molar refractivity (Wildman–Crippen MR) is 123 cm³/mol. The highest BCUT2D eigenvalue weighted by molar-refractivity contribution is 7.96. The van der Waals surface area contributed by atoms with E-state index >= 15 is 0 Å². The van der Waals surface area contributed by atoms with Crippen LogP contribution in [0, 0.1) is 5.82 Å². The molecule has 2 aromatic heterocycles. The van der Waals surface area contributed by atoms with Crippen molar-refractivity contribution in [1.82, 2.24) is 19.9 Å². The molecule has 0 unspecified atom stereocenters. The molecule has 3 heterocycles. The van der Waals surface area contributed by atoms with Crippen LogP contribution in [-0.2, 0) is 21.8 Å². The number of hydrogen-bond acceptors (Lipinski definition) is 9. The van der Waals surface area contributed by atoms with Crippen LogP contribution >= 0.6 is 12.2 Å². The van der Waals surface area contributed by atoms with Gasteiger partial charge in [0.2, 0.25) is 11.8 Å². The van der Waals surface area contributed by atoms with E-state index in [-0.39, 0.29) is 22.8 Å². The van der Waals surface area contributed by atoms with Crippen LogP contribution in [0.25, 0.3) is 11.0 Å². The number of nitrogens with zero attached hydrogens (tertiary/aromatic N) is 4. The fraction of sp³-hybridized carbons (Fsp3) is 0.190. The maximum Gasteiger partial charge on any atom is 0.449 e. The van der Waals surface area contributed by atoms with Gasteiger partial charge in [-0.15, -0.1) is 4.33 Å². The molecule has 3 N–H and O–H groups in total. The molecule has 0 bridgehead atoms.